The molecule has 2 aromatic rings. The predicted octanol–water partition coefficient (Wildman–Crippen LogP) is 2.93. The molecule has 0 aromatic heterocycles. The summed E-state index contributed by atoms with van der Waals surface area (Å²) in [7, 11) is -3.72. The molecule has 2 N–H and O–H groups in total. The van der Waals surface area contributed by atoms with Crippen molar-refractivity contribution in [3.63, 3.8) is 0 Å². The van der Waals surface area contributed by atoms with Crippen LogP contribution in [0.3, 0.4) is 0 Å². The van der Waals surface area contributed by atoms with Crippen LogP contribution in [0.1, 0.15) is 24.8 Å². The van der Waals surface area contributed by atoms with Crippen molar-refractivity contribution in [2.75, 3.05) is 13.1 Å². The van der Waals surface area contributed by atoms with Crippen LogP contribution in [0.4, 0.5) is 0 Å². The number of hydrogen-bond donors (Lipinski definition) is 2. The molecule has 0 spiro atoms. The normalized spacial score (nSPS) is 12.6. The number of sulfonamides is 1. The summed E-state index contributed by atoms with van der Waals surface area (Å²) in [6.45, 7) is 2.54. The summed E-state index contributed by atoms with van der Waals surface area (Å²) in [5.74, 6) is -0.0189. The molecule has 0 aliphatic carbocycles. The minimum atomic E-state index is -3.72. The Morgan fingerprint density at radius 3 is 2.40 bits per heavy atom. The molecule has 25 heavy (non-hydrogen) atoms. The molecule has 1 unspecified atom stereocenters. The summed E-state index contributed by atoms with van der Waals surface area (Å²) in [6.07, 6.45) is 0.0607. The van der Waals surface area contributed by atoms with Gasteiger partial charge in [0, 0.05) is 19.5 Å². The number of hydrogen-bond acceptors (Lipinski definition) is 3. The van der Waals surface area contributed by atoms with Gasteiger partial charge in [0.1, 0.15) is 4.90 Å². The van der Waals surface area contributed by atoms with E-state index in [1.54, 1.807) is 12.1 Å². The van der Waals surface area contributed by atoms with Gasteiger partial charge < -0.3 is 5.32 Å². The van der Waals surface area contributed by atoms with Crippen molar-refractivity contribution < 1.29 is 13.2 Å². The Balaban J connectivity index is 1.78. The summed E-state index contributed by atoms with van der Waals surface area (Å²) in [6, 6.07) is 16.1. The second-order valence-electron chi connectivity index (χ2n) is 5.69. The lowest BCUT2D eigenvalue weighted by atomic mass is 10.0. The van der Waals surface area contributed by atoms with Crippen LogP contribution in [0.15, 0.2) is 59.5 Å². The highest BCUT2D eigenvalue weighted by Gasteiger charge is 2.17. The average Bonchev–Trinajstić information content (AvgIpc) is 2.60. The molecule has 0 heterocycles. The second kappa shape index (κ2) is 8.99. The van der Waals surface area contributed by atoms with E-state index in [9.17, 15) is 13.2 Å². The molecule has 0 saturated heterocycles. The monoisotopic (exact) mass is 380 g/mol. The minimum absolute atomic E-state index is 0.00905. The van der Waals surface area contributed by atoms with Crippen LogP contribution in [0.2, 0.25) is 5.02 Å². The van der Waals surface area contributed by atoms with Crippen molar-refractivity contribution >= 4 is 27.5 Å². The Morgan fingerprint density at radius 1 is 1.08 bits per heavy atom. The van der Waals surface area contributed by atoms with Crippen LogP contribution in [-0.4, -0.2) is 27.4 Å². The molecule has 0 radical (unpaired) electrons. The fraction of sp³-hybridized carbons (Fsp3) is 0.278. The molecule has 0 aliphatic heterocycles. The van der Waals surface area contributed by atoms with Crippen LogP contribution in [0, 0.1) is 0 Å². The van der Waals surface area contributed by atoms with Crippen molar-refractivity contribution in [2.24, 2.45) is 0 Å². The second-order valence-corrected chi connectivity index (χ2v) is 7.84. The van der Waals surface area contributed by atoms with Crippen molar-refractivity contribution in [1.29, 1.82) is 0 Å². The van der Waals surface area contributed by atoms with Gasteiger partial charge in [-0.25, -0.2) is 13.1 Å². The Kier molecular flexibility index (Phi) is 6.99. The first kappa shape index (κ1) is 19.4. The molecule has 1 amide bonds. The highest BCUT2D eigenvalue weighted by Crippen LogP contribution is 2.20. The highest BCUT2D eigenvalue weighted by molar-refractivity contribution is 7.89. The summed E-state index contributed by atoms with van der Waals surface area (Å²) >= 11 is 5.89. The van der Waals surface area contributed by atoms with Crippen LogP contribution >= 0.6 is 11.6 Å². The zero-order valence-electron chi connectivity index (χ0n) is 13.9. The molecule has 134 valence electrons. The lowest BCUT2D eigenvalue weighted by molar-refractivity contribution is -0.120. The molecule has 0 aliphatic rings. The van der Waals surface area contributed by atoms with Gasteiger partial charge in [-0.1, -0.05) is 61.0 Å². The Hall–Kier alpha value is -1.89. The van der Waals surface area contributed by atoms with Crippen LogP contribution in [0.25, 0.3) is 0 Å². The molecule has 2 aromatic carbocycles. The van der Waals surface area contributed by atoms with Crippen LogP contribution in [-0.2, 0) is 14.8 Å². The molecule has 2 rings (SSSR count). The van der Waals surface area contributed by atoms with Crippen molar-refractivity contribution in [3.8, 4) is 0 Å². The topological polar surface area (TPSA) is 75.3 Å². The lowest BCUT2D eigenvalue weighted by Gasteiger charge is -2.13. The number of amides is 1. The summed E-state index contributed by atoms with van der Waals surface area (Å²) in [4.78, 5) is 11.9. The van der Waals surface area contributed by atoms with Crippen molar-refractivity contribution in [1.82, 2.24) is 10.0 Å². The quantitative estimate of drug-likeness (QED) is 0.739. The maximum Gasteiger partial charge on any atom is 0.242 e. The SMILES string of the molecule is CC(CNC(=O)CCNS(=O)(=O)c1ccccc1Cl)c1ccccc1. The van der Waals surface area contributed by atoms with Crippen molar-refractivity contribution in [3.05, 3.63) is 65.2 Å². The number of carbonyl (C=O) groups excluding carboxylic acids is 1. The smallest absolute Gasteiger partial charge is 0.242 e. The third kappa shape index (κ3) is 5.85. The van der Waals surface area contributed by atoms with E-state index in [2.05, 4.69) is 10.0 Å². The van der Waals surface area contributed by atoms with Gasteiger partial charge in [-0.05, 0) is 23.6 Å². The van der Waals surface area contributed by atoms with E-state index >= 15 is 0 Å². The maximum absolute atomic E-state index is 12.2. The van der Waals surface area contributed by atoms with Crippen LogP contribution in [0.5, 0.6) is 0 Å². The lowest BCUT2D eigenvalue weighted by Crippen LogP contribution is -2.32. The van der Waals surface area contributed by atoms with E-state index in [1.165, 1.54) is 12.1 Å². The fourth-order valence-electron chi connectivity index (χ4n) is 2.29. The van der Waals surface area contributed by atoms with E-state index in [4.69, 9.17) is 11.6 Å². The molecule has 7 heteroatoms. The van der Waals surface area contributed by atoms with E-state index in [-0.39, 0.29) is 34.7 Å². The zero-order valence-corrected chi connectivity index (χ0v) is 15.5. The van der Waals surface area contributed by atoms with Gasteiger partial charge >= 0.3 is 0 Å². The van der Waals surface area contributed by atoms with Crippen molar-refractivity contribution in [2.45, 2.75) is 24.2 Å². The molecule has 1 atom stereocenters. The third-order valence-corrected chi connectivity index (χ3v) is 5.71. The average molecular weight is 381 g/mol. The third-order valence-electron chi connectivity index (χ3n) is 3.74. The highest BCUT2D eigenvalue weighted by atomic mass is 35.5. The molecule has 0 saturated carbocycles. The predicted molar refractivity (Wildman–Crippen MR) is 99.1 cm³/mol. The number of benzene rings is 2. The van der Waals surface area contributed by atoms with Gasteiger partial charge in [0.25, 0.3) is 0 Å². The van der Waals surface area contributed by atoms with E-state index < -0.39 is 10.0 Å². The largest absolute Gasteiger partial charge is 0.355 e. The fourth-order valence-corrected chi connectivity index (χ4v) is 3.84. The Morgan fingerprint density at radius 2 is 1.72 bits per heavy atom. The van der Waals surface area contributed by atoms with E-state index in [0.29, 0.717) is 6.54 Å². The minimum Gasteiger partial charge on any atom is -0.355 e. The zero-order chi connectivity index (χ0) is 18.3. The summed E-state index contributed by atoms with van der Waals surface area (Å²) in [5, 5.41) is 2.97. The van der Waals surface area contributed by atoms with Gasteiger partial charge in [-0.15, -0.1) is 0 Å². The summed E-state index contributed by atoms with van der Waals surface area (Å²) < 4.78 is 26.7. The number of halogens is 1. The number of nitrogens with one attached hydrogen (secondary N) is 2. The first-order valence-corrected chi connectivity index (χ1v) is 9.82. The Labute approximate surface area is 153 Å². The van der Waals surface area contributed by atoms with Crippen LogP contribution < -0.4 is 10.0 Å². The van der Waals surface area contributed by atoms with Gasteiger partial charge in [0.15, 0.2) is 0 Å². The number of rotatable bonds is 8. The molecular weight excluding hydrogens is 360 g/mol. The van der Waals surface area contributed by atoms with Gasteiger partial charge in [-0.2, -0.15) is 0 Å². The summed E-state index contributed by atoms with van der Waals surface area (Å²) in [5.41, 5.74) is 1.14. The number of carbonyl (C=O) groups is 1. The van der Waals surface area contributed by atoms with Gasteiger partial charge in [-0.3, -0.25) is 4.79 Å². The first-order chi connectivity index (χ1) is 11.9. The van der Waals surface area contributed by atoms with Gasteiger partial charge in [0.2, 0.25) is 15.9 Å². The standard InChI is InChI=1S/C18H21ClN2O3S/c1-14(15-7-3-2-4-8-15)13-20-18(22)11-12-21-25(23,24)17-10-6-5-9-16(17)19/h2-10,14,21H,11-13H2,1H3,(H,20,22). The first-order valence-electron chi connectivity index (χ1n) is 7.96. The van der Waals surface area contributed by atoms with E-state index in [0.717, 1.165) is 5.56 Å². The molecule has 0 bridgehead atoms. The van der Waals surface area contributed by atoms with Gasteiger partial charge in [0.05, 0.1) is 5.02 Å². The molecule has 5 nitrogen and oxygen atoms in total. The Bertz CT molecular complexity index is 810. The maximum atomic E-state index is 12.2. The molecular formula is C18H21ClN2O3S. The molecule has 0 fully saturated rings. The van der Waals surface area contributed by atoms with E-state index in [1.807, 2.05) is 37.3 Å².